The Labute approximate surface area is 125 Å². The van der Waals surface area contributed by atoms with E-state index in [1.54, 1.807) is 12.5 Å². The Hall–Kier alpha value is -1.56. The fourth-order valence-electron chi connectivity index (χ4n) is 2.09. The minimum absolute atomic E-state index is 0.114. The normalized spacial score (nSPS) is 13.2. The molecule has 0 aromatic carbocycles. The lowest BCUT2D eigenvalue weighted by atomic mass is 10.3. The number of nitrogens with zero attached hydrogens (tertiary/aromatic N) is 1. The van der Waals surface area contributed by atoms with Crippen LogP contribution < -0.4 is 0 Å². The summed E-state index contributed by atoms with van der Waals surface area (Å²) in [5.41, 5.74) is 0. The Bertz CT molecular complexity index is 442. The molecule has 116 valence electrons. The van der Waals surface area contributed by atoms with Crippen molar-refractivity contribution in [1.82, 2.24) is 4.90 Å². The quantitative estimate of drug-likeness (QED) is 0.770. The summed E-state index contributed by atoms with van der Waals surface area (Å²) in [4.78, 5) is 2.08. The molecule has 2 aromatic rings. The van der Waals surface area contributed by atoms with Gasteiger partial charge in [-0.2, -0.15) is 0 Å². The van der Waals surface area contributed by atoms with Crippen molar-refractivity contribution in [2.24, 2.45) is 0 Å². The zero-order valence-electron chi connectivity index (χ0n) is 12.6. The van der Waals surface area contributed by atoms with Gasteiger partial charge in [0.1, 0.15) is 11.5 Å². The Morgan fingerprint density at radius 2 is 1.67 bits per heavy atom. The van der Waals surface area contributed by atoms with Crippen LogP contribution in [-0.4, -0.2) is 35.4 Å². The largest absolute Gasteiger partial charge is 0.468 e. The maximum atomic E-state index is 10.1. The van der Waals surface area contributed by atoms with Crippen molar-refractivity contribution in [3.63, 3.8) is 0 Å². The second kappa shape index (κ2) is 8.02. The Kier molecular flexibility index (Phi) is 6.04. The lowest BCUT2D eigenvalue weighted by Crippen LogP contribution is -2.34. The van der Waals surface area contributed by atoms with E-state index in [1.807, 2.05) is 38.1 Å². The number of hydrogen-bond donors (Lipinski definition) is 1. The van der Waals surface area contributed by atoms with Gasteiger partial charge in [-0.1, -0.05) is 0 Å². The van der Waals surface area contributed by atoms with E-state index in [4.69, 9.17) is 13.6 Å². The first-order valence-corrected chi connectivity index (χ1v) is 7.20. The Morgan fingerprint density at radius 1 is 1.10 bits per heavy atom. The van der Waals surface area contributed by atoms with Gasteiger partial charge in [-0.05, 0) is 38.1 Å². The summed E-state index contributed by atoms with van der Waals surface area (Å²) in [6, 6.07) is 7.57. The molecule has 0 spiro atoms. The fraction of sp³-hybridized carbons (Fsp3) is 0.500. The fourth-order valence-corrected chi connectivity index (χ4v) is 2.09. The minimum Gasteiger partial charge on any atom is -0.468 e. The van der Waals surface area contributed by atoms with Crippen molar-refractivity contribution in [3.8, 4) is 0 Å². The number of aliphatic hydroxyl groups excluding tert-OH is 1. The maximum Gasteiger partial charge on any atom is 0.117 e. The van der Waals surface area contributed by atoms with Gasteiger partial charge in [-0.15, -0.1) is 0 Å². The molecule has 0 saturated heterocycles. The molecule has 1 unspecified atom stereocenters. The Balaban J connectivity index is 1.91. The SMILES string of the molecule is CC(C)OCC(O)CN(Cc1ccco1)Cc1ccco1. The molecule has 2 aromatic heterocycles. The predicted octanol–water partition coefficient (Wildman–Crippen LogP) is 2.66. The van der Waals surface area contributed by atoms with Gasteiger partial charge in [0.05, 0.1) is 44.4 Å². The molecule has 1 atom stereocenters. The Morgan fingerprint density at radius 3 is 2.10 bits per heavy atom. The van der Waals surface area contributed by atoms with Crippen molar-refractivity contribution >= 4 is 0 Å². The van der Waals surface area contributed by atoms with Gasteiger partial charge in [0.15, 0.2) is 0 Å². The van der Waals surface area contributed by atoms with Crippen LogP contribution in [0.1, 0.15) is 25.4 Å². The molecular weight excluding hydrogens is 270 g/mol. The first-order valence-electron chi connectivity index (χ1n) is 7.20. The lowest BCUT2D eigenvalue weighted by molar-refractivity contribution is -0.0121. The maximum absolute atomic E-state index is 10.1. The van der Waals surface area contributed by atoms with Gasteiger partial charge < -0.3 is 18.7 Å². The molecule has 0 bridgehead atoms. The van der Waals surface area contributed by atoms with Crippen LogP contribution in [-0.2, 0) is 17.8 Å². The standard InChI is InChI=1S/C16H23NO4/c1-13(2)21-12-14(18)9-17(10-15-5-3-7-19-15)11-16-6-4-8-20-16/h3-8,13-14,18H,9-12H2,1-2H3. The summed E-state index contributed by atoms with van der Waals surface area (Å²) in [5.74, 6) is 1.72. The molecule has 0 aliphatic carbocycles. The molecule has 21 heavy (non-hydrogen) atoms. The van der Waals surface area contributed by atoms with E-state index in [1.165, 1.54) is 0 Å². The van der Waals surface area contributed by atoms with Gasteiger partial charge in [0, 0.05) is 6.54 Å². The van der Waals surface area contributed by atoms with Gasteiger partial charge >= 0.3 is 0 Å². The van der Waals surface area contributed by atoms with E-state index in [0.29, 0.717) is 26.2 Å². The van der Waals surface area contributed by atoms with Crippen molar-refractivity contribution in [2.75, 3.05) is 13.2 Å². The van der Waals surface area contributed by atoms with E-state index in [2.05, 4.69) is 4.90 Å². The van der Waals surface area contributed by atoms with Crippen LogP contribution in [0.3, 0.4) is 0 Å². The van der Waals surface area contributed by atoms with Gasteiger partial charge in [0.2, 0.25) is 0 Å². The molecule has 0 aliphatic rings. The molecule has 0 radical (unpaired) electrons. The highest BCUT2D eigenvalue weighted by molar-refractivity contribution is 5.01. The highest BCUT2D eigenvalue weighted by atomic mass is 16.5. The van der Waals surface area contributed by atoms with E-state index < -0.39 is 6.10 Å². The topological polar surface area (TPSA) is 59.0 Å². The zero-order valence-corrected chi connectivity index (χ0v) is 12.6. The van der Waals surface area contributed by atoms with E-state index in [9.17, 15) is 5.11 Å². The number of ether oxygens (including phenoxy) is 1. The molecule has 0 saturated carbocycles. The van der Waals surface area contributed by atoms with Crippen molar-refractivity contribution < 1.29 is 18.7 Å². The molecule has 0 amide bonds. The predicted molar refractivity (Wildman–Crippen MR) is 78.6 cm³/mol. The van der Waals surface area contributed by atoms with Crippen LogP contribution in [0.5, 0.6) is 0 Å². The second-order valence-corrected chi connectivity index (χ2v) is 5.36. The zero-order chi connectivity index (χ0) is 15.1. The van der Waals surface area contributed by atoms with Gasteiger partial charge in [-0.25, -0.2) is 0 Å². The average Bonchev–Trinajstić information content (AvgIpc) is 3.10. The van der Waals surface area contributed by atoms with Crippen LogP contribution in [0.4, 0.5) is 0 Å². The summed E-state index contributed by atoms with van der Waals surface area (Å²) in [6.45, 7) is 5.96. The summed E-state index contributed by atoms with van der Waals surface area (Å²) in [6.07, 6.45) is 2.87. The van der Waals surface area contributed by atoms with Crippen LogP contribution in [0.25, 0.3) is 0 Å². The number of aliphatic hydroxyl groups is 1. The highest BCUT2D eigenvalue weighted by Crippen LogP contribution is 2.12. The van der Waals surface area contributed by atoms with Crippen LogP contribution in [0.2, 0.25) is 0 Å². The molecule has 1 N–H and O–H groups in total. The third kappa shape index (κ3) is 5.75. The summed E-state index contributed by atoms with van der Waals surface area (Å²) in [5, 5.41) is 10.1. The molecule has 0 fully saturated rings. The monoisotopic (exact) mass is 293 g/mol. The first-order chi connectivity index (χ1) is 10.1. The molecule has 5 nitrogen and oxygen atoms in total. The highest BCUT2D eigenvalue weighted by Gasteiger charge is 2.16. The number of rotatable bonds is 9. The van der Waals surface area contributed by atoms with Crippen molar-refractivity contribution in [2.45, 2.75) is 39.1 Å². The third-order valence-electron chi connectivity index (χ3n) is 3.01. The smallest absolute Gasteiger partial charge is 0.117 e. The summed E-state index contributed by atoms with van der Waals surface area (Å²) < 4.78 is 16.2. The first kappa shape index (κ1) is 15.8. The van der Waals surface area contributed by atoms with E-state index in [0.717, 1.165) is 11.5 Å². The summed E-state index contributed by atoms with van der Waals surface area (Å²) in [7, 11) is 0. The second-order valence-electron chi connectivity index (χ2n) is 5.36. The third-order valence-corrected chi connectivity index (χ3v) is 3.01. The van der Waals surface area contributed by atoms with Crippen LogP contribution in [0, 0.1) is 0 Å². The minimum atomic E-state index is -0.544. The number of hydrogen-bond acceptors (Lipinski definition) is 5. The molecule has 2 heterocycles. The molecule has 2 rings (SSSR count). The van der Waals surface area contributed by atoms with Crippen LogP contribution in [0.15, 0.2) is 45.6 Å². The van der Waals surface area contributed by atoms with E-state index in [-0.39, 0.29) is 6.10 Å². The van der Waals surface area contributed by atoms with Crippen molar-refractivity contribution in [1.29, 1.82) is 0 Å². The molecule has 0 aliphatic heterocycles. The lowest BCUT2D eigenvalue weighted by Gasteiger charge is -2.23. The van der Waals surface area contributed by atoms with Crippen molar-refractivity contribution in [3.05, 3.63) is 48.3 Å². The van der Waals surface area contributed by atoms with Crippen LogP contribution >= 0.6 is 0 Å². The van der Waals surface area contributed by atoms with E-state index >= 15 is 0 Å². The average molecular weight is 293 g/mol. The van der Waals surface area contributed by atoms with Gasteiger partial charge in [-0.3, -0.25) is 4.90 Å². The molecular formula is C16H23NO4. The van der Waals surface area contributed by atoms with Gasteiger partial charge in [0.25, 0.3) is 0 Å². The molecule has 5 heteroatoms. The number of furan rings is 2. The summed E-state index contributed by atoms with van der Waals surface area (Å²) >= 11 is 0.